The van der Waals surface area contributed by atoms with Gasteiger partial charge in [-0.3, -0.25) is 9.08 Å². The average Bonchev–Trinajstić information content (AvgIpc) is 0.930. The van der Waals surface area contributed by atoms with E-state index in [4.69, 9.17) is 102 Å². The minimum Gasteiger partial charge on any atom is -0.870 e. The van der Waals surface area contributed by atoms with Gasteiger partial charge in [-0.05, 0) is 112 Å². The summed E-state index contributed by atoms with van der Waals surface area (Å²) in [4.78, 5) is 10.5. The summed E-state index contributed by atoms with van der Waals surface area (Å²) in [6.07, 6.45) is 5.32. The van der Waals surface area contributed by atoms with E-state index in [1.54, 1.807) is 20.8 Å². The summed E-state index contributed by atoms with van der Waals surface area (Å²) in [5, 5.41) is 42.3. The number of aliphatic hydroxyl groups is 5. The average molecular weight is 1690 g/mol. The Morgan fingerprint density at radius 3 is 0.819 bits per heavy atom. The normalized spacial score (nSPS) is 12.0. The number of thioether (sulfide) groups is 2. The van der Waals surface area contributed by atoms with Crippen LogP contribution in [0.4, 0.5) is 0 Å². The van der Waals surface area contributed by atoms with Crippen molar-refractivity contribution < 1.29 is 142 Å². The maximum absolute atomic E-state index is 11.7. The molecule has 0 spiro atoms. The largest absolute Gasteiger partial charge is 1.00 e. The number of aliphatic hydroxyl groups excluding tert-OH is 5. The third kappa shape index (κ3) is 151. The molecule has 0 aromatic rings. The Morgan fingerprint density at radius 2 is 0.610 bits per heavy atom. The van der Waals surface area contributed by atoms with Crippen LogP contribution in [0.3, 0.4) is 0 Å². The molecule has 0 atom stereocenters. The van der Waals surface area contributed by atoms with Crippen molar-refractivity contribution in [3.05, 3.63) is 0 Å². The van der Waals surface area contributed by atoms with Crippen LogP contribution in [0.2, 0.25) is 0 Å². The maximum atomic E-state index is 11.7. The second-order valence-corrected chi connectivity index (χ2v) is 41.4. The van der Waals surface area contributed by atoms with E-state index in [1.165, 1.54) is 30.4 Å². The standard InChI is InChI=1S/2C12H26O5S.C12H26O3S.C11H25NO5S.C8H16OS.C6H13ClO3.C6H14S.C4H9ClO.Na.H2O/c2*1-12(2,3)4-10-18(14,15)11-9-17-8-7-16-6-5-13;1-12(2,3)4-10-16-11-9-15-8-7-14-6-5-13;1-11(2,12)3-9-18(14,15)10-8-17-7-6-16-5-4-13;1-7(9)10-6-5-8(2,3)4;7-1-3-9-5-6-10-4-2-8;1-6(2,3)4-5-7;1-4(2,3)6-5;;/h2*13H,4-11H2,1-3H3;13H,4-11H2,1-3H3;13H,3-10,12H2,1-2H3;5-6H2,1-4H3;8H,1-6H2;7H,4-5H2,1-3H3;1-3H3;;1H2/q;;;;;;;;+1;/p-1. The first-order chi connectivity index (χ1) is 47.3. The van der Waals surface area contributed by atoms with Gasteiger partial charge in [-0.2, -0.15) is 24.4 Å². The van der Waals surface area contributed by atoms with E-state index >= 15 is 0 Å². The number of halogens is 2. The van der Waals surface area contributed by atoms with Gasteiger partial charge in [0.25, 0.3) is 0 Å². The van der Waals surface area contributed by atoms with Crippen LogP contribution >= 0.6 is 59.6 Å². The molecular formula is C71H156Cl2NNaO24S6. The third-order valence-corrected chi connectivity index (χ3v) is 19.3. The predicted molar refractivity (Wildman–Crippen MR) is 436 cm³/mol. The van der Waals surface area contributed by atoms with Gasteiger partial charge in [-0.1, -0.05) is 116 Å². The molecule has 0 saturated heterocycles. The van der Waals surface area contributed by atoms with Crippen LogP contribution in [0.5, 0.6) is 0 Å². The van der Waals surface area contributed by atoms with Crippen molar-refractivity contribution in [2.75, 3.05) is 229 Å². The molecule has 34 heteroatoms. The van der Waals surface area contributed by atoms with Crippen molar-refractivity contribution >= 4 is 94.2 Å². The molecule has 25 nitrogen and oxygen atoms in total. The molecule has 0 aliphatic carbocycles. The summed E-state index contributed by atoms with van der Waals surface area (Å²) in [6, 6.07) is 0. The van der Waals surface area contributed by atoms with E-state index in [0.717, 1.165) is 30.3 Å². The van der Waals surface area contributed by atoms with Crippen LogP contribution in [0.25, 0.3) is 0 Å². The molecule has 8 N–H and O–H groups in total. The number of hydrogen-bond donors (Lipinski definition) is 7. The van der Waals surface area contributed by atoms with Crippen molar-refractivity contribution in [3.63, 3.8) is 0 Å². The second kappa shape index (κ2) is 80.6. The van der Waals surface area contributed by atoms with E-state index in [0.29, 0.717) is 127 Å². The van der Waals surface area contributed by atoms with E-state index in [9.17, 15) is 30.0 Å². The molecule has 0 aliphatic heterocycles. The van der Waals surface area contributed by atoms with E-state index in [1.807, 2.05) is 74.1 Å². The summed E-state index contributed by atoms with van der Waals surface area (Å²) in [5.74, 6) is 5.35. The van der Waals surface area contributed by atoms with Crippen LogP contribution in [-0.4, -0.2) is 301 Å². The maximum Gasteiger partial charge on any atom is 1.00 e. The number of carbonyl (C=O) groups is 1. The second-order valence-electron chi connectivity index (χ2n) is 31.0. The Morgan fingerprint density at radius 1 is 0.371 bits per heavy atom. The summed E-state index contributed by atoms with van der Waals surface area (Å²) >= 11 is 17.8. The van der Waals surface area contributed by atoms with Crippen molar-refractivity contribution in [2.45, 2.75) is 195 Å². The molecule has 0 saturated carbocycles. The van der Waals surface area contributed by atoms with Gasteiger partial charge in [-0.15, -0.1) is 11.6 Å². The Labute approximate surface area is 687 Å². The third-order valence-electron chi connectivity index (χ3n) is 11.9. The Balaban J connectivity index is -0.000000125. The zero-order valence-electron chi connectivity index (χ0n) is 69.6. The van der Waals surface area contributed by atoms with E-state index in [-0.39, 0.29) is 164 Å². The predicted octanol–water partition coefficient (Wildman–Crippen LogP) is 7.55. The van der Waals surface area contributed by atoms with Gasteiger partial charge in [0, 0.05) is 29.8 Å². The summed E-state index contributed by atoms with van der Waals surface area (Å²) in [7, 11) is -9.13. The number of hydrogen-bond acceptors (Lipinski definition) is 28. The van der Waals surface area contributed by atoms with Gasteiger partial charge >= 0.3 is 29.6 Å². The number of sulfone groups is 3. The molecule has 0 bridgehead atoms. The monoisotopic (exact) mass is 1690 g/mol. The van der Waals surface area contributed by atoms with Gasteiger partial charge in [0.05, 0.1) is 217 Å². The fraction of sp³-hybridized carbons (Fsp3) is 0.986. The minimum absolute atomic E-state index is 0. The van der Waals surface area contributed by atoms with Crippen LogP contribution in [0, 0.1) is 27.1 Å². The smallest absolute Gasteiger partial charge is 0.870 e. The molecule has 640 valence electrons. The van der Waals surface area contributed by atoms with Crippen LogP contribution in [-0.2, 0) is 86.0 Å². The van der Waals surface area contributed by atoms with Crippen LogP contribution < -0.4 is 35.3 Å². The number of alkyl halides is 1. The number of rotatable bonds is 51. The Hall–Kier alpha value is 1.43. The first-order valence-electron chi connectivity index (χ1n) is 35.7. The molecule has 0 amide bonds. The molecular weight excluding hydrogens is 1540 g/mol. The SMILES string of the molecule is CC(=O)SCCC(C)(C)C.CC(C)(C)CCS.CC(C)(C)CCS(=O)(=O)CCOCCOCCO.CC(C)(C)CCS(=O)(=O)CCOCCOCCO.CC(C)(C)CCSCCOCCOCCO.CC(C)(C)OCl.CC(C)(N)CCS(=O)(=O)CCOCCOCCO.OCCOCCOCCCl.[Na+].[OH-]. The van der Waals surface area contributed by atoms with Gasteiger partial charge in [0.15, 0.2) is 34.6 Å². The molecule has 0 aromatic carbocycles. The summed E-state index contributed by atoms with van der Waals surface area (Å²) < 4.78 is 125. The molecule has 0 unspecified atom stereocenters. The first kappa shape index (κ1) is 127. The molecule has 0 aliphatic rings. The number of ether oxygens (including phenoxy) is 10. The van der Waals surface area contributed by atoms with Gasteiger partial charge in [-0.25, -0.2) is 25.3 Å². The van der Waals surface area contributed by atoms with Crippen LogP contribution in [0.1, 0.15) is 184 Å². The molecule has 0 fully saturated rings. The van der Waals surface area contributed by atoms with Gasteiger partial charge in [0.2, 0.25) is 0 Å². The quantitative estimate of drug-likeness (QED) is 0.0134. The van der Waals surface area contributed by atoms with Crippen LogP contribution in [0.15, 0.2) is 0 Å². The molecule has 0 radical (unpaired) electrons. The topological polar surface area (TPSA) is 378 Å². The Bertz CT molecular complexity index is 1970. The Kier molecular flexibility index (Phi) is 97.7. The van der Waals surface area contributed by atoms with Crippen molar-refractivity contribution in [1.82, 2.24) is 0 Å². The number of carbonyl (C=O) groups excluding carboxylic acids is 1. The zero-order valence-corrected chi connectivity index (χ0v) is 78.0. The fourth-order valence-electron chi connectivity index (χ4n) is 5.63. The summed E-state index contributed by atoms with van der Waals surface area (Å²) in [5.41, 5.74) is 6.42. The van der Waals surface area contributed by atoms with E-state index in [2.05, 4.69) is 79.2 Å². The molecule has 105 heavy (non-hydrogen) atoms. The molecule has 0 aromatic heterocycles. The van der Waals surface area contributed by atoms with Crippen molar-refractivity contribution in [2.24, 2.45) is 32.8 Å². The first-order valence-corrected chi connectivity index (χ1v) is 44.8. The number of thiol groups is 1. The van der Waals surface area contributed by atoms with Gasteiger partial charge in [0.1, 0.15) is 0 Å². The van der Waals surface area contributed by atoms with Gasteiger partial charge < -0.3 is 84.1 Å². The summed E-state index contributed by atoms with van der Waals surface area (Å²) in [6.45, 7) is 51.2. The van der Waals surface area contributed by atoms with Crippen molar-refractivity contribution in [1.29, 1.82) is 0 Å². The fourth-order valence-corrected chi connectivity index (χ4v) is 13.0. The molecule has 0 rings (SSSR count). The van der Waals surface area contributed by atoms with Crippen molar-refractivity contribution in [3.8, 4) is 0 Å². The minimum atomic E-state index is -3.10. The molecule has 0 heterocycles. The van der Waals surface area contributed by atoms with E-state index < -0.39 is 35.1 Å². The zero-order chi connectivity index (χ0) is 81.5. The number of nitrogens with two attached hydrogens (primary N) is 1.